The molecule has 0 N–H and O–H groups in total. The fraction of sp³-hybridized carbons (Fsp3) is 0.263. The van der Waals surface area contributed by atoms with Crippen molar-refractivity contribution in [1.82, 2.24) is 14.7 Å². The quantitative estimate of drug-likeness (QED) is 0.627. The van der Waals surface area contributed by atoms with Crippen LogP contribution >= 0.6 is 0 Å². The summed E-state index contributed by atoms with van der Waals surface area (Å²) in [5, 5.41) is 5.83. The van der Waals surface area contributed by atoms with Crippen LogP contribution in [0.1, 0.15) is 6.42 Å². The molecule has 0 spiro atoms. The van der Waals surface area contributed by atoms with Crippen molar-refractivity contribution < 1.29 is 4.74 Å². The van der Waals surface area contributed by atoms with E-state index in [1.54, 1.807) is 6.20 Å². The standard InChI is InChI=1S/C19H21N3O2/c1-21(12-7-13-24-17-9-3-2-4-10-17)15-22-19(23)18-11-6-5-8-16(18)14-20-22/h2-6,8-11,14H,7,12-13,15H2,1H3. The van der Waals surface area contributed by atoms with Crippen molar-refractivity contribution in [3.05, 3.63) is 71.1 Å². The second-order valence-corrected chi connectivity index (χ2v) is 5.77. The lowest BCUT2D eigenvalue weighted by Gasteiger charge is -2.17. The van der Waals surface area contributed by atoms with E-state index < -0.39 is 0 Å². The van der Waals surface area contributed by atoms with Gasteiger partial charge in [-0.25, -0.2) is 4.68 Å². The summed E-state index contributed by atoms with van der Waals surface area (Å²) in [5.41, 5.74) is -0.0551. The summed E-state index contributed by atoms with van der Waals surface area (Å²) in [4.78, 5) is 14.5. The summed E-state index contributed by atoms with van der Waals surface area (Å²) in [6.07, 6.45) is 2.62. The molecule has 24 heavy (non-hydrogen) atoms. The zero-order valence-corrected chi connectivity index (χ0v) is 13.8. The fourth-order valence-electron chi connectivity index (χ4n) is 2.57. The zero-order chi connectivity index (χ0) is 16.8. The highest BCUT2D eigenvalue weighted by Crippen LogP contribution is 2.09. The molecule has 0 amide bonds. The molecule has 0 saturated carbocycles. The SMILES string of the molecule is CN(CCCOc1ccccc1)Cn1ncc2ccccc2c1=O. The Labute approximate surface area is 141 Å². The monoisotopic (exact) mass is 323 g/mol. The Balaban J connectivity index is 1.52. The van der Waals surface area contributed by atoms with Crippen molar-refractivity contribution >= 4 is 10.8 Å². The number of fused-ring (bicyclic) bond motifs is 1. The molecule has 0 bridgehead atoms. The lowest BCUT2D eigenvalue weighted by molar-refractivity contribution is 0.219. The molecular formula is C19H21N3O2. The minimum Gasteiger partial charge on any atom is -0.494 e. The molecule has 5 heteroatoms. The Morgan fingerprint density at radius 1 is 1.08 bits per heavy atom. The van der Waals surface area contributed by atoms with E-state index >= 15 is 0 Å². The summed E-state index contributed by atoms with van der Waals surface area (Å²) in [7, 11) is 1.98. The summed E-state index contributed by atoms with van der Waals surface area (Å²) in [5.74, 6) is 0.882. The van der Waals surface area contributed by atoms with E-state index in [1.807, 2.05) is 61.6 Å². The van der Waals surface area contributed by atoms with E-state index in [-0.39, 0.29) is 5.56 Å². The van der Waals surface area contributed by atoms with E-state index in [9.17, 15) is 4.79 Å². The smallest absolute Gasteiger partial charge is 0.275 e. The van der Waals surface area contributed by atoms with Gasteiger partial charge in [0.15, 0.2) is 0 Å². The van der Waals surface area contributed by atoms with E-state index in [2.05, 4.69) is 10.00 Å². The molecule has 5 nitrogen and oxygen atoms in total. The van der Waals surface area contributed by atoms with Gasteiger partial charge >= 0.3 is 0 Å². The van der Waals surface area contributed by atoms with Crippen LogP contribution in [0.5, 0.6) is 5.75 Å². The van der Waals surface area contributed by atoms with Crippen LogP contribution in [0, 0.1) is 0 Å². The summed E-state index contributed by atoms with van der Waals surface area (Å²) >= 11 is 0. The summed E-state index contributed by atoms with van der Waals surface area (Å²) in [6, 6.07) is 17.3. The van der Waals surface area contributed by atoms with Gasteiger partial charge in [-0.1, -0.05) is 36.4 Å². The average molecular weight is 323 g/mol. The van der Waals surface area contributed by atoms with Crippen LogP contribution in [0.25, 0.3) is 10.8 Å². The van der Waals surface area contributed by atoms with E-state index in [0.717, 1.165) is 24.1 Å². The lowest BCUT2D eigenvalue weighted by Crippen LogP contribution is -2.32. The zero-order valence-electron chi connectivity index (χ0n) is 13.8. The normalized spacial score (nSPS) is 11.1. The van der Waals surface area contributed by atoms with Gasteiger partial charge in [0.2, 0.25) is 0 Å². The lowest BCUT2D eigenvalue weighted by atomic mass is 10.2. The number of hydrogen-bond donors (Lipinski definition) is 0. The van der Waals surface area contributed by atoms with Crippen molar-refractivity contribution in [3.63, 3.8) is 0 Å². The Bertz CT molecular complexity index is 846. The van der Waals surface area contributed by atoms with Crippen molar-refractivity contribution in [2.75, 3.05) is 20.2 Å². The molecule has 0 unspecified atom stereocenters. The molecule has 0 fully saturated rings. The molecule has 0 aliphatic heterocycles. The van der Waals surface area contributed by atoms with Crippen molar-refractivity contribution in [2.45, 2.75) is 13.1 Å². The van der Waals surface area contributed by atoms with Gasteiger partial charge in [0, 0.05) is 11.9 Å². The van der Waals surface area contributed by atoms with Gasteiger partial charge in [0.1, 0.15) is 5.75 Å². The number of rotatable bonds is 7. The fourth-order valence-corrected chi connectivity index (χ4v) is 2.57. The van der Waals surface area contributed by atoms with Crippen LogP contribution < -0.4 is 10.3 Å². The molecule has 0 saturated heterocycles. The number of aromatic nitrogens is 2. The van der Waals surface area contributed by atoms with Gasteiger partial charge in [-0.2, -0.15) is 5.10 Å². The van der Waals surface area contributed by atoms with E-state index in [0.29, 0.717) is 18.7 Å². The van der Waals surface area contributed by atoms with Gasteiger partial charge < -0.3 is 4.74 Å². The van der Waals surface area contributed by atoms with Gasteiger partial charge in [0.25, 0.3) is 5.56 Å². The first-order valence-electron chi connectivity index (χ1n) is 8.05. The van der Waals surface area contributed by atoms with Gasteiger partial charge in [-0.15, -0.1) is 0 Å². The highest BCUT2D eigenvalue weighted by atomic mass is 16.5. The molecule has 3 aromatic rings. The van der Waals surface area contributed by atoms with Gasteiger partial charge in [0.05, 0.1) is 24.9 Å². The third-order valence-corrected chi connectivity index (χ3v) is 3.83. The number of ether oxygens (including phenoxy) is 1. The van der Waals surface area contributed by atoms with Crippen molar-refractivity contribution in [1.29, 1.82) is 0 Å². The maximum Gasteiger partial charge on any atom is 0.275 e. The second-order valence-electron chi connectivity index (χ2n) is 5.77. The Morgan fingerprint density at radius 3 is 2.67 bits per heavy atom. The third-order valence-electron chi connectivity index (χ3n) is 3.83. The Hall–Kier alpha value is -2.66. The average Bonchev–Trinajstić information content (AvgIpc) is 2.62. The number of hydrogen-bond acceptors (Lipinski definition) is 4. The van der Waals surface area contributed by atoms with Crippen LogP contribution in [0.2, 0.25) is 0 Å². The topological polar surface area (TPSA) is 47.4 Å². The minimum atomic E-state index is -0.0551. The predicted octanol–water partition coefficient (Wildman–Crippen LogP) is 2.75. The van der Waals surface area contributed by atoms with Crippen molar-refractivity contribution in [3.8, 4) is 5.75 Å². The third kappa shape index (κ3) is 4.00. The van der Waals surface area contributed by atoms with E-state index in [1.165, 1.54) is 4.68 Å². The van der Waals surface area contributed by atoms with Crippen LogP contribution in [-0.4, -0.2) is 34.9 Å². The maximum absolute atomic E-state index is 12.4. The molecule has 0 aliphatic carbocycles. The van der Waals surface area contributed by atoms with Crippen LogP contribution in [-0.2, 0) is 6.67 Å². The maximum atomic E-state index is 12.4. The molecule has 124 valence electrons. The Morgan fingerprint density at radius 2 is 1.83 bits per heavy atom. The van der Waals surface area contributed by atoms with E-state index in [4.69, 9.17) is 4.74 Å². The molecule has 1 heterocycles. The Kier molecular flexibility index (Phi) is 5.23. The first-order chi connectivity index (χ1) is 11.7. The van der Waals surface area contributed by atoms with Crippen LogP contribution in [0.15, 0.2) is 65.6 Å². The molecule has 2 aromatic carbocycles. The van der Waals surface area contributed by atoms with Crippen LogP contribution in [0.4, 0.5) is 0 Å². The first kappa shape index (κ1) is 16.2. The largest absolute Gasteiger partial charge is 0.494 e. The summed E-state index contributed by atoms with van der Waals surface area (Å²) in [6.45, 7) is 1.94. The molecule has 0 atom stereocenters. The highest BCUT2D eigenvalue weighted by Gasteiger charge is 2.06. The molecule has 0 radical (unpaired) electrons. The van der Waals surface area contributed by atoms with Gasteiger partial charge in [-0.3, -0.25) is 9.69 Å². The predicted molar refractivity (Wildman–Crippen MR) is 95.2 cm³/mol. The minimum absolute atomic E-state index is 0.0551. The molecule has 1 aromatic heterocycles. The highest BCUT2D eigenvalue weighted by molar-refractivity contribution is 5.80. The van der Waals surface area contributed by atoms with Crippen molar-refractivity contribution in [2.24, 2.45) is 0 Å². The number of para-hydroxylation sites is 1. The number of benzene rings is 2. The number of nitrogens with zero attached hydrogens (tertiary/aromatic N) is 3. The second kappa shape index (κ2) is 7.75. The van der Waals surface area contributed by atoms with Gasteiger partial charge in [-0.05, 0) is 31.7 Å². The molecular weight excluding hydrogens is 302 g/mol. The molecule has 0 aliphatic rings. The summed E-state index contributed by atoms with van der Waals surface area (Å²) < 4.78 is 7.18. The van der Waals surface area contributed by atoms with Crippen LogP contribution in [0.3, 0.4) is 0 Å². The first-order valence-corrected chi connectivity index (χ1v) is 8.05. The molecule has 3 rings (SSSR count).